The number of esters is 1. The zero-order valence-corrected chi connectivity index (χ0v) is 8.58. The fourth-order valence-corrected chi connectivity index (χ4v) is 0.733. The predicted molar refractivity (Wildman–Crippen MR) is 50.3 cm³/mol. The molecule has 0 saturated heterocycles. The summed E-state index contributed by atoms with van der Waals surface area (Å²) in [6.07, 6.45) is 0.749. The summed E-state index contributed by atoms with van der Waals surface area (Å²) in [7, 11) is 0. The van der Waals surface area contributed by atoms with Crippen LogP contribution in [0, 0.1) is 0 Å². The summed E-state index contributed by atoms with van der Waals surface area (Å²) in [5.74, 6) is -0.382. The molecule has 0 aliphatic heterocycles. The highest BCUT2D eigenvalue weighted by molar-refractivity contribution is 5.75. The Morgan fingerprint density at radius 3 is 2.54 bits per heavy atom. The minimum atomic E-state index is -0.561. The fraction of sp³-hybridized carbons (Fsp3) is 0.889. The van der Waals surface area contributed by atoms with Gasteiger partial charge in [-0.3, -0.25) is 4.79 Å². The van der Waals surface area contributed by atoms with Crippen LogP contribution in [0.5, 0.6) is 0 Å². The zero-order chi connectivity index (χ0) is 10.3. The maximum absolute atomic E-state index is 11.0. The van der Waals surface area contributed by atoms with E-state index in [1.54, 1.807) is 13.8 Å². The third-order valence-electron chi connectivity index (χ3n) is 1.39. The topological polar surface area (TPSA) is 61.5 Å². The van der Waals surface area contributed by atoms with Crippen LogP contribution in [-0.4, -0.2) is 31.3 Å². The van der Waals surface area contributed by atoms with Crippen molar-refractivity contribution in [2.45, 2.75) is 39.3 Å². The number of hydrogen-bond acceptors (Lipinski definition) is 4. The number of carbonyl (C=O) groups excluding carboxylic acids is 1. The van der Waals surface area contributed by atoms with E-state index in [1.165, 1.54) is 0 Å². The first-order valence-corrected chi connectivity index (χ1v) is 4.61. The van der Waals surface area contributed by atoms with Crippen LogP contribution in [0.4, 0.5) is 0 Å². The number of hydrogen-bond donors (Lipinski definition) is 1. The Bertz CT molecular complexity index is 148. The molecule has 0 aliphatic carbocycles. The highest BCUT2D eigenvalue weighted by atomic mass is 16.6. The largest absolute Gasteiger partial charge is 0.459 e. The normalized spacial score (nSPS) is 15.1. The van der Waals surface area contributed by atoms with E-state index in [1.807, 2.05) is 6.92 Å². The SMILES string of the molecule is CCCOC[C@H](C)OC(=O)[C@H](C)N. The molecule has 0 aromatic heterocycles. The summed E-state index contributed by atoms with van der Waals surface area (Å²) < 4.78 is 10.2. The summed E-state index contributed by atoms with van der Waals surface area (Å²) in [5, 5.41) is 0. The summed E-state index contributed by atoms with van der Waals surface area (Å²) in [6.45, 7) is 6.54. The van der Waals surface area contributed by atoms with Gasteiger partial charge in [0, 0.05) is 6.61 Å². The van der Waals surface area contributed by atoms with Crippen molar-refractivity contribution >= 4 is 5.97 Å². The molecule has 13 heavy (non-hydrogen) atoms. The average molecular weight is 189 g/mol. The Labute approximate surface area is 79.4 Å². The van der Waals surface area contributed by atoms with Crippen LogP contribution >= 0.6 is 0 Å². The van der Waals surface area contributed by atoms with Gasteiger partial charge in [-0.1, -0.05) is 6.92 Å². The van der Waals surface area contributed by atoms with Crippen molar-refractivity contribution in [2.24, 2.45) is 5.73 Å². The molecule has 2 atom stereocenters. The summed E-state index contributed by atoms with van der Waals surface area (Å²) in [5.41, 5.74) is 5.32. The Kier molecular flexibility index (Phi) is 6.54. The quantitative estimate of drug-likeness (QED) is 0.493. The molecule has 0 fully saturated rings. The lowest BCUT2D eigenvalue weighted by atomic mass is 10.3. The van der Waals surface area contributed by atoms with Gasteiger partial charge in [-0.2, -0.15) is 0 Å². The highest BCUT2D eigenvalue weighted by Crippen LogP contribution is 1.95. The van der Waals surface area contributed by atoms with Crippen molar-refractivity contribution in [1.29, 1.82) is 0 Å². The van der Waals surface area contributed by atoms with Crippen molar-refractivity contribution in [3.8, 4) is 0 Å². The van der Waals surface area contributed by atoms with Crippen LogP contribution in [0.25, 0.3) is 0 Å². The third-order valence-corrected chi connectivity index (χ3v) is 1.39. The van der Waals surface area contributed by atoms with Crippen LogP contribution < -0.4 is 5.73 Å². The molecule has 78 valence electrons. The van der Waals surface area contributed by atoms with E-state index < -0.39 is 6.04 Å². The fourth-order valence-electron chi connectivity index (χ4n) is 0.733. The Balaban J connectivity index is 3.50. The van der Waals surface area contributed by atoms with Crippen LogP contribution in [0.3, 0.4) is 0 Å². The smallest absolute Gasteiger partial charge is 0.322 e. The predicted octanol–water partition coefficient (Wildman–Crippen LogP) is 0.692. The van der Waals surface area contributed by atoms with E-state index in [-0.39, 0.29) is 12.1 Å². The van der Waals surface area contributed by atoms with Gasteiger partial charge in [0.25, 0.3) is 0 Å². The molecular weight excluding hydrogens is 170 g/mol. The van der Waals surface area contributed by atoms with Gasteiger partial charge in [-0.15, -0.1) is 0 Å². The lowest BCUT2D eigenvalue weighted by Gasteiger charge is -2.14. The van der Waals surface area contributed by atoms with E-state index in [0.717, 1.165) is 6.42 Å². The van der Waals surface area contributed by atoms with Gasteiger partial charge in [0.1, 0.15) is 12.1 Å². The molecule has 2 N–H and O–H groups in total. The van der Waals surface area contributed by atoms with Gasteiger partial charge in [0.2, 0.25) is 0 Å². The molecular formula is C9H19NO3. The van der Waals surface area contributed by atoms with Crippen molar-refractivity contribution in [1.82, 2.24) is 0 Å². The number of ether oxygens (including phenoxy) is 2. The lowest BCUT2D eigenvalue weighted by Crippen LogP contribution is -2.32. The average Bonchev–Trinajstić information content (AvgIpc) is 2.04. The molecule has 0 aromatic rings. The van der Waals surface area contributed by atoms with E-state index in [9.17, 15) is 4.79 Å². The molecule has 0 radical (unpaired) electrons. The number of carbonyl (C=O) groups is 1. The number of nitrogens with two attached hydrogens (primary N) is 1. The summed E-state index contributed by atoms with van der Waals surface area (Å²) >= 11 is 0. The molecule has 0 spiro atoms. The van der Waals surface area contributed by atoms with E-state index in [2.05, 4.69) is 0 Å². The summed E-state index contributed by atoms with van der Waals surface area (Å²) in [6, 6.07) is -0.561. The van der Waals surface area contributed by atoms with Gasteiger partial charge in [-0.05, 0) is 20.3 Å². The van der Waals surface area contributed by atoms with E-state index >= 15 is 0 Å². The maximum atomic E-state index is 11.0. The van der Waals surface area contributed by atoms with Crippen LogP contribution in [0.15, 0.2) is 0 Å². The Morgan fingerprint density at radius 1 is 1.46 bits per heavy atom. The minimum Gasteiger partial charge on any atom is -0.459 e. The second kappa shape index (κ2) is 6.86. The lowest BCUT2D eigenvalue weighted by molar-refractivity contribution is -0.152. The first kappa shape index (κ1) is 12.4. The monoisotopic (exact) mass is 189 g/mol. The molecule has 0 bridgehead atoms. The second-order valence-electron chi connectivity index (χ2n) is 3.11. The van der Waals surface area contributed by atoms with E-state index in [4.69, 9.17) is 15.2 Å². The Hall–Kier alpha value is -0.610. The van der Waals surface area contributed by atoms with Gasteiger partial charge >= 0.3 is 5.97 Å². The third kappa shape index (κ3) is 6.54. The van der Waals surface area contributed by atoms with E-state index in [0.29, 0.717) is 13.2 Å². The first-order valence-electron chi connectivity index (χ1n) is 4.61. The van der Waals surface area contributed by atoms with Gasteiger partial charge in [0.05, 0.1) is 6.61 Å². The molecule has 0 saturated carbocycles. The molecule has 0 heterocycles. The van der Waals surface area contributed by atoms with Crippen molar-refractivity contribution in [3.63, 3.8) is 0 Å². The van der Waals surface area contributed by atoms with Crippen LogP contribution in [0.2, 0.25) is 0 Å². The standard InChI is InChI=1S/C9H19NO3/c1-4-5-12-6-7(2)13-9(11)8(3)10/h7-8H,4-6,10H2,1-3H3/t7-,8-/m0/s1. The van der Waals surface area contributed by atoms with Crippen molar-refractivity contribution in [3.05, 3.63) is 0 Å². The summed E-state index contributed by atoms with van der Waals surface area (Å²) in [4.78, 5) is 11.0. The van der Waals surface area contributed by atoms with Gasteiger partial charge in [0.15, 0.2) is 0 Å². The van der Waals surface area contributed by atoms with Crippen LogP contribution in [0.1, 0.15) is 27.2 Å². The molecule has 0 rings (SSSR count). The van der Waals surface area contributed by atoms with Crippen LogP contribution in [-0.2, 0) is 14.3 Å². The number of rotatable bonds is 6. The van der Waals surface area contributed by atoms with Crippen molar-refractivity contribution in [2.75, 3.05) is 13.2 Å². The highest BCUT2D eigenvalue weighted by Gasteiger charge is 2.12. The van der Waals surface area contributed by atoms with Gasteiger partial charge < -0.3 is 15.2 Å². The minimum absolute atomic E-state index is 0.218. The molecule has 0 unspecified atom stereocenters. The molecule has 4 heteroatoms. The molecule has 0 amide bonds. The molecule has 4 nitrogen and oxygen atoms in total. The van der Waals surface area contributed by atoms with Crippen molar-refractivity contribution < 1.29 is 14.3 Å². The Morgan fingerprint density at radius 2 is 2.08 bits per heavy atom. The first-order chi connectivity index (χ1) is 6.07. The van der Waals surface area contributed by atoms with Gasteiger partial charge in [-0.25, -0.2) is 0 Å². The molecule has 0 aliphatic rings. The second-order valence-corrected chi connectivity index (χ2v) is 3.11. The maximum Gasteiger partial charge on any atom is 0.322 e. The molecule has 0 aromatic carbocycles. The zero-order valence-electron chi connectivity index (χ0n) is 8.58.